The van der Waals surface area contributed by atoms with Gasteiger partial charge in [0, 0.05) is 18.8 Å². The summed E-state index contributed by atoms with van der Waals surface area (Å²) in [6.07, 6.45) is 3.39. The SMILES string of the molecule is CC(C)(C)OC(=O)N1C[C@H](Nc2cncc(-c3cnc4ccccn34)n2)C[C@H]1C(F)F. The number of pyridine rings is 1. The molecule has 0 saturated carbocycles. The van der Waals surface area contributed by atoms with Gasteiger partial charge in [0.1, 0.15) is 22.8 Å². The normalized spacial score (nSPS) is 19.2. The lowest BCUT2D eigenvalue weighted by molar-refractivity contribution is -0.00227. The van der Waals surface area contributed by atoms with Crippen molar-refractivity contribution >= 4 is 17.6 Å². The monoisotopic (exact) mass is 430 g/mol. The van der Waals surface area contributed by atoms with Crippen molar-refractivity contribution in [2.24, 2.45) is 0 Å². The number of hydrogen-bond acceptors (Lipinski definition) is 6. The third-order valence-electron chi connectivity index (χ3n) is 4.93. The molecule has 4 heterocycles. The molecule has 0 unspecified atom stereocenters. The lowest BCUT2D eigenvalue weighted by Gasteiger charge is -2.28. The molecule has 0 aliphatic carbocycles. The van der Waals surface area contributed by atoms with Crippen LogP contribution in [0.25, 0.3) is 17.0 Å². The summed E-state index contributed by atoms with van der Waals surface area (Å²) in [4.78, 5) is 26.7. The molecule has 1 N–H and O–H groups in total. The summed E-state index contributed by atoms with van der Waals surface area (Å²) in [5.41, 5.74) is 1.37. The lowest BCUT2D eigenvalue weighted by Crippen LogP contribution is -2.43. The zero-order valence-corrected chi connectivity index (χ0v) is 17.5. The maximum atomic E-state index is 13.6. The fourth-order valence-electron chi connectivity index (χ4n) is 3.63. The molecule has 1 fully saturated rings. The Kier molecular flexibility index (Phi) is 5.47. The van der Waals surface area contributed by atoms with Crippen molar-refractivity contribution in [3.63, 3.8) is 0 Å². The number of imidazole rings is 1. The van der Waals surface area contributed by atoms with Crippen LogP contribution in [0.15, 0.2) is 43.0 Å². The zero-order chi connectivity index (χ0) is 22.2. The highest BCUT2D eigenvalue weighted by molar-refractivity contribution is 5.69. The number of anilines is 1. The van der Waals surface area contributed by atoms with Gasteiger partial charge in [0.15, 0.2) is 0 Å². The predicted molar refractivity (Wildman–Crippen MR) is 111 cm³/mol. The van der Waals surface area contributed by atoms with Crippen LogP contribution in [0.4, 0.5) is 19.4 Å². The first-order valence-electron chi connectivity index (χ1n) is 10.00. The Balaban J connectivity index is 1.52. The number of alkyl halides is 2. The van der Waals surface area contributed by atoms with E-state index >= 15 is 0 Å². The van der Waals surface area contributed by atoms with Crippen LogP contribution in [0.1, 0.15) is 27.2 Å². The highest BCUT2D eigenvalue weighted by Crippen LogP contribution is 2.28. The van der Waals surface area contributed by atoms with E-state index in [1.165, 1.54) is 6.20 Å². The van der Waals surface area contributed by atoms with Gasteiger partial charge in [-0.05, 0) is 39.3 Å². The van der Waals surface area contributed by atoms with E-state index in [0.717, 1.165) is 16.2 Å². The van der Waals surface area contributed by atoms with Crippen LogP contribution in [0.5, 0.6) is 0 Å². The van der Waals surface area contributed by atoms with Gasteiger partial charge in [-0.25, -0.2) is 23.5 Å². The number of carbonyl (C=O) groups is 1. The van der Waals surface area contributed by atoms with Gasteiger partial charge in [-0.15, -0.1) is 0 Å². The van der Waals surface area contributed by atoms with E-state index in [1.807, 2.05) is 28.8 Å². The van der Waals surface area contributed by atoms with Crippen LogP contribution in [0.2, 0.25) is 0 Å². The number of hydrogen-bond donors (Lipinski definition) is 1. The second kappa shape index (κ2) is 8.09. The minimum absolute atomic E-state index is 0.0818. The van der Waals surface area contributed by atoms with Gasteiger partial charge in [0.2, 0.25) is 0 Å². The standard InChI is InChI=1S/C21H24F2N6O2/c1-21(2,3)31-20(30)29-12-13(8-15(29)19(22)23)26-17-11-24-9-14(27-17)16-10-25-18-6-4-5-7-28(16)18/h4-7,9-11,13,15,19H,8,12H2,1-3H3,(H,26,27)/t13-,15+/m1/s1. The van der Waals surface area contributed by atoms with Crippen molar-refractivity contribution in [3.05, 3.63) is 43.0 Å². The predicted octanol–water partition coefficient (Wildman–Crippen LogP) is 3.85. The summed E-state index contributed by atoms with van der Waals surface area (Å²) in [7, 11) is 0. The first-order chi connectivity index (χ1) is 14.7. The number of carbonyl (C=O) groups excluding carboxylic acids is 1. The molecule has 164 valence electrons. The van der Waals surface area contributed by atoms with Gasteiger partial charge >= 0.3 is 6.09 Å². The summed E-state index contributed by atoms with van der Waals surface area (Å²) in [5, 5.41) is 3.14. The molecule has 1 saturated heterocycles. The van der Waals surface area contributed by atoms with E-state index in [9.17, 15) is 13.6 Å². The molecule has 0 radical (unpaired) electrons. The van der Waals surface area contributed by atoms with E-state index in [0.29, 0.717) is 11.5 Å². The molecular formula is C21H24F2N6O2. The third kappa shape index (κ3) is 4.57. The number of ether oxygens (including phenoxy) is 1. The molecule has 1 aliphatic rings. The van der Waals surface area contributed by atoms with Crippen LogP contribution in [0, 0.1) is 0 Å². The number of aromatic nitrogens is 4. The quantitative estimate of drug-likeness (QED) is 0.677. The number of amides is 1. The molecule has 4 rings (SSSR count). The minimum atomic E-state index is -2.67. The maximum absolute atomic E-state index is 13.6. The average Bonchev–Trinajstić information content (AvgIpc) is 3.31. The van der Waals surface area contributed by atoms with Crippen molar-refractivity contribution in [2.45, 2.75) is 51.3 Å². The fourth-order valence-corrected chi connectivity index (χ4v) is 3.63. The molecule has 3 aromatic rings. The van der Waals surface area contributed by atoms with Gasteiger partial charge in [0.05, 0.1) is 30.3 Å². The first-order valence-corrected chi connectivity index (χ1v) is 10.00. The Hall–Kier alpha value is -3.30. The zero-order valence-electron chi connectivity index (χ0n) is 17.5. The number of fused-ring (bicyclic) bond motifs is 1. The number of halogens is 2. The summed E-state index contributed by atoms with van der Waals surface area (Å²) in [5.74, 6) is 0.437. The van der Waals surface area contributed by atoms with E-state index in [2.05, 4.69) is 20.3 Å². The van der Waals surface area contributed by atoms with Gasteiger partial charge < -0.3 is 10.1 Å². The van der Waals surface area contributed by atoms with Gasteiger partial charge in [-0.1, -0.05) is 6.07 Å². The van der Waals surface area contributed by atoms with E-state index in [-0.39, 0.29) is 13.0 Å². The van der Waals surface area contributed by atoms with Crippen LogP contribution >= 0.6 is 0 Å². The van der Waals surface area contributed by atoms with E-state index in [4.69, 9.17) is 4.74 Å². The van der Waals surface area contributed by atoms with Crippen molar-refractivity contribution in [1.82, 2.24) is 24.3 Å². The Bertz CT molecular complexity index is 1080. The third-order valence-corrected chi connectivity index (χ3v) is 4.93. The summed E-state index contributed by atoms with van der Waals surface area (Å²) in [6.45, 7) is 5.20. The second-order valence-corrected chi connectivity index (χ2v) is 8.47. The van der Waals surface area contributed by atoms with Crippen molar-refractivity contribution in [1.29, 1.82) is 0 Å². The van der Waals surface area contributed by atoms with Gasteiger partial charge in [-0.3, -0.25) is 14.3 Å². The molecule has 2 atom stereocenters. The molecule has 10 heteroatoms. The number of rotatable bonds is 4. The molecule has 0 aromatic carbocycles. The lowest BCUT2D eigenvalue weighted by atomic mass is 10.2. The largest absolute Gasteiger partial charge is 0.444 e. The molecule has 3 aromatic heterocycles. The average molecular weight is 430 g/mol. The maximum Gasteiger partial charge on any atom is 0.410 e. The summed E-state index contributed by atoms with van der Waals surface area (Å²) < 4.78 is 34.3. The van der Waals surface area contributed by atoms with Gasteiger partial charge in [0.25, 0.3) is 6.43 Å². The number of nitrogens with zero attached hydrogens (tertiary/aromatic N) is 5. The first kappa shape index (κ1) is 21.0. The summed E-state index contributed by atoms with van der Waals surface area (Å²) in [6, 6.07) is 4.04. The Labute approximate surface area is 178 Å². The Morgan fingerprint density at radius 2 is 2.06 bits per heavy atom. The Morgan fingerprint density at radius 3 is 2.81 bits per heavy atom. The molecule has 1 aliphatic heterocycles. The van der Waals surface area contributed by atoms with Gasteiger partial charge in [-0.2, -0.15) is 0 Å². The smallest absolute Gasteiger partial charge is 0.410 e. The van der Waals surface area contributed by atoms with Crippen molar-refractivity contribution in [2.75, 3.05) is 11.9 Å². The highest BCUT2D eigenvalue weighted by Gasteiger charge is 2.42. The molecule has 31 heavy (non-hydrogen) atoms. The van der Waals surface area contributed by atoms with Crippen LogP contribution < -0.4 is 5.32 Å². The van der Waals surface area contributed by atoms with E-state index in [1.54, 1.807) is 33.2 Å². The number of nitrogens with one attached hydrogen (secondary N) is 1. The Morgan fingerprint density at radius 1 is 1.26 bits per heavy atom. The number of likely N-dealkylation sites (tertiary alicyclic amines) is 1. The molecule has 0 bridgehead atoms. The molecule has 0 spiro atoms. The van der Waals surface area contributed by atoms with E-state index < -0.39 is 30.2 Å². The van der Waals surface area contributed by atoms with Crippen LogP contribution in [0.3, 0.4) is 0 Å². The molecule has 8 nitrogen and oxygen atoms in total. The van der Waals surface area contributed by atoms with Crippen molar-refractivity contribution in [3.8, 4) is 11.4 Å². The highest BCUT2D eigenvalue weighted by atomic mass is 19.3. The van der Waals surface area contributed by atoms with Crippen LogP contribution in [-0.2, 0) is 4.74 Å². The minimum Gasteiger partial charge on any atom is -0.444 e. The topological polar surface area (TPSA) is 84.6 Å². The molecule has 1 amide bonds. The van der Waals surface area contributed by atoms with Crippen molar-refractivity contribution < 1.29 is 18.3 Å². The summed E-state index contributed by atoms with van der Waals surface area (Å²) >= 11 is 0. The second-order valence-electron chi connectivity index (χ2n) is 8.47. The fraction of sp³-hybridized carbons (Fsp3) is 0.429. The van der Waals surface area contributed by atoms with Crippen LogP contribution in [-0.4, -0.2) is 61.0 Å². The molecular weight excluding hydrogens is 406 g/mol.